The maximum absolute atomic E-state index is 13.0. The van der Waals surface area contributed by atoms with Crippen LogP contribution in [-0.2, 0) is 6.54 Å². The molecule has 0 spiro atoms. The molecule has 2 N–H and O–H groups in total. The van der Waals surface area contributed by atoms with Crippen molar-refractivity contribution in [1.29, 1.82) is 0 Å². The van der Waals surface area contributed by atoms with Gasteiger partial charge in [0.05, 0.1) is 5.92 Å². The average molecular weight is 430 g/mol. The van der Waals surface area contributed by atoms with Crippen molar-refractivity contribution < 1.29 is 17.7 Å². The molecule has 0 saturated heterocycles. The topological polar surface area (TPSA) is 75.3 Å². The van der Waals surface area contributed by atoms with E-state index in [1.807, 2.05) is 13.0 Å². The van der Waals surface area contributed by atoms with E-state index in [9.17, 15) is 13.2 Å². The molecule has 2 aromatic rings. The average Bonchev–Trinajstić information content (AvgIpc) is 3.15. The summed E-state index contributed by atoms with van der Waals surface area (Å²) in [6.45, 7) is 2.58. The van der Waals surface area contributed by atoms with Gasteiger partial charge < -0.3 is 15.2 Å². The monoisotopic (exact) mass is 429 g/mol. The molecule has 1 fully saturated rings. The Bertz CT molecular complexity index is 839. The molecule has 0 amide bonds. The first kappa shape index (κ1) is 21.4. The van der Waals surface area contributed by atoms with Crippen LogP contribution in [0.15, 0.2) is 33.8 Å². The van der Waals surface area contributed by atoms with E-state index >= 15 is 0 Å². The summed E-state index contributed by atoms with van der Waals surface area (Å²) in [4.78, 5) is 8.68. The smallest absolute Gasteiger partial charge is 0.357 e. The number of hydrogen-bond acceptors (Lipinski definition) is 4. The van der Waals surface area contributed by atoms with Crippen LogP contribution in [0.3, 0.4) is 0 Å². The molecule has 2 atom stereocenters. The number of nitrogens with one attached hydrogen (secondary N) is 2. The van der Waals surface area contributed by atoms with Crippen molar-refractivity contribution in [3.05, 3.63) is 35.2 Å². The van der Waals surface area contributed by atoms with Crippen LogP contribution in [0.2, 0.25) is 5.02 Å². The molecule has 0 aliphatic heterocycles. The van der Waals surface area contributed by atoms with E-state index in [0.717, 1.165) is 5.56 Å². The van der Waals surface area contributed by atoms with Gasteiger partial charge in [-0.05, 0) is 38.3 Å². The number of guanidine groups is 1. The first-order valence-electron chi connectivity index (χ1n) is 9.55. The van der Waals surface area contributed by atoms with Crippen LogP contribution in [-0.4, -0.2) is 34.9 Å². The van der Waals surface area contributed by atoms with Gasteiger partial charge >= 0.3 is 6.18 Å². The zero-order valence-electron chi connectivity index (χ0n) is 16.0. The summed E-state index contributed by atoms with van der Waals surface area (Å²) in [6.07, 6.45) is -2.71. The summed E-state index contributed by atoms with van der Waals surface area (Å²) in [5.41, 5.74) is 0.724. The number of hydrogen-bond donors (Lipinski definition) is 2. The molecular weight excluding hydrogens is 407 g/mol. The van der Waals surface area contributed by atoms with Gasteiger partial charge in [-0.25, -0.2) is 4.99 Å². The third-order valence-electron chi connectivity index (χ3n) is 4.75. The molecule has 6 nitrogen and oxygen atoms in total. The van der Waals surface area contributed by atoms with Gasteiger partial charge in [-0.3, -0.25) is 0 Å². The lowest BCUT2D eigenvalue weighted by Crippen LogP contribution is -2.46. The summed E-state index contributed by atoms with van der Waals surface area (Å²) in [5, 5.41) is 10.6. The lowest BCUT2D eigenvalue weighted by Gasteiger charge is -2.31. The normalized spacial score (nSPS) is 20.5. The van der Waals surface area contributed by atoms with Crippen molar-refractivity contribution in [3.8, 4) is 11.4 Å². The van der Waals surface area contributed by atoms with E-state index in [0.29, 0.717) is 42.1 Å². The van der Waals surface area contributed by atoms with Crippen LogP contribution in [0, 0.1) is 5.92 Å². The van der Waals surface area contributed by atoms with E-state index in [1.165, 1.54) is 0 Å². The first-order valence-corrected chi connectivity index (χ1v) is 9.93. The van der Waals surface area contributed by atoms with Crippen molar-refractivity contribution in [2.45, 2.75) is 51.4 Å². The Hall–Kier alpha value is -2.29. The van der Waals surface area contributed by atoms with E-state index in [4.69, 9.17) is 16.1 Å². The lowest BCUT2D eigenvalue weighted by molar-refractivity contribution is -0.183. The summed E-state index contributed by atoms with van der Waals surface area (Å²) in [5.74, 6) is -0.138. The number of alkyl halides is 3. The second-order valence-electron chi connectivity index (χ2n) is 6.96. The Morgan fingerprint density at radius 3 is 2.90 bits per heavy atom. The molecule has 0 bridgehead atoms. The number of aromatic nitrogens is 2. The second kappa shape index (κ2) is 9.47. The highest BCUT2D eigenvalue weighted by Gasteiger charge is 2.42. The number of nitrogens with zero attached hydrogens (tertiary/aromatic N) is 3. The Labute approximate surface area is 171 Å². The van der Waals surface area contributed by atoms with Crippen molar-refractivity contribution in [1.82, 2.24) is 20.8 Å². The molecule has 2 unspecified atom stereocenters. The van der Waals surface area contributed by atoms with Crippen LogP contribution in [0.4, 0.5) is 13.2 Å². The predicted octanol–water partition coefficient (Wildman–Crippen LogP) is 4.57. The van der Waals surface area contributed by atoms with Crippen molar-refractivity contribution in [2.24, 2.45) is 10.9 Å². The lowest BCUT2D eigenvalue weighted by atomic mass is 9.85. The summed E-state index contributed by atoms with van der Waals surface area (Å²) in [6, 6.07) is 6.80. The Morgan fingerprint density at radius 1 is 1.34 bits per heavy atom. The fourth-order valence-electron chi connectivity index (χ4n) is 3.34. The third-order valence-corrected chi connectivity index (χ3v) is 4.98. The molecule has 29 heavy (non-hydrogen) atoms. The van der Waals surface area contributed by atoms with Gasteiger partial charge in [-0.15, -0.1) is 0 Å². The van der Waals surface area contributed by atoms with Gasteiger partial charge in [0, 0.05) is 23.2 Å². The standard InChI is InChI=1S/C19H23ClF3N5O/c1-2-24-18(26-15-8-4-6-13(10-15)19(21,22)23)25-11-16-27-17(28-29-16)12-5-3-7-14(20)9-12/h3,5,7,9,13,15H,2,4,6,8,10-11H2,1H3,(H2,24,25,26). The Morgan fingerprint density at radius 2 is 2.17 bits per heavy atom. The molecule has 3 rings (SSSR count). The Kier molecular flexibility index (Phi) is 7.00. The largest absolute Gasteiger partial charge is 0.391 e. The van der Waals surface area contributed by atoms with Crippen molar-refractivity contribution in [3.63, 3.8) is 0 Å². The molecule has 1 aromatic heterocycles. The first-order chi connectivity index (χ1) is 13.8. The van der Waals surface area contributed by atoms with Crippen LogP contribution in [0.25, 0.3) is 11.4 Å². The Balaban J connectivity index is 1.64. The minimum absolute atomic E-state index is 0.0490. The fourth-order valence-corrected chi connectivity index (χ4v) is 3.53. The summed E-state index contributed by atoms with van der Waals surface area (Å²) < 4.78 is 44.3. The van der Waals surface area contributed by atoms with E-state index in [2.05, 4.69) is 25.8 Å². The van der Waals surface area contributed by atoms with Gasteiger partial charge in [0.25, 0.3) is 0 Å². The molecule has 0 radical (unpaired) electrons. The molecule has 10 heteroatoms. The van der Waals surface area contributed by atoms with Gasteiger partial charge in [0.15, 0.2) is 5.96 Å². The van der Waals surface area contributed by atoms with Crippen molar-refractivity contribution >= 4 is 17.6 Å². The summed E-state index contributed by atoms with van der Waals surface area (Å²) in [7, 11) is 0. The maximum atomic E-state index is 13.0. The molecule has 158 valence electrons. The quantitative estimate of drug-likeness (QED) is 0.538. The van der Waals surface area contributed by atoms with Crippen LogP contribution >= 0.6 is 11.6 Å². The molecular formula is C19H23ClF3N5O. The van der Waals surface area contributed by atoms with E-state index in [-0.39, 0.29) is 25.4 Å². The van der Waals surface area contributed by atoms with E-state index in [1.54, 1.807) is 18.2 Å². The predicted molar refractivity (Wildman–Crippen MR) is 104 cm³/mol. The molecule has 1 saturated carbocycles. The highest BCUT2D eigenvalue weighted by Crippen LogP contribution is 2.37. The highest BCUT2D eigenvalue weighted by molar-refractivity contribution is 6.30. The minimum atomic E-state index is -4.16. The van der Waals surface area contributed by atoms with Crippen LogP contribution < -0.4 is 10.6 Å². The third kappa shape index (κ3) is 6.09. The maximum Gasteiger partial charge on any atom is 0.391 e. The van der Waals surface area contributed by atoms with Crippen molar-refractivity contribution in [2.75, 3.05) is 6.54 Å². The van der Waals surface area contributed by atoms with Gasteiger partial charge in [-0.1, -0.05) is 35.3 Å². The number of halogens is 4. The van der Waals surface area contributed by atoms with Crippen LogP contribution in [0.5, 0.6) is 0 Å². The number of aliphatic imine (C=N–C) groups is 1. The van der Waals surface area contributed by atoms with Crippen LogP contribution in [0.1, 0.15) is 38.5 Å². The molecule has 1 aliphatic carbocycles. The summed E-state index contributed by atoms with van der Waals surface area (Å²) >= 11 is 5.98. The number of benzene rings is 1. The zero-order valence-corrected chi connectivity index (χ0v) is 16.7. The van der Waals surface area contributed by atoms with Gasteiger partial charge in [0.1, 0.15) is 6.54 Å². The second-order valence-corrected chi connectivity index (χ2v) is 7.40. The van der Waals surface area contributed by atoms with Gasteiger partial charge in [-0.2, -0.15) is 18.2 Å². The van der Waals surface area contributed by atoms with Gasteiger partial charge in [0.2, 0.25) is 11.7 Å². The fraction of sp³-hybridized carbons (Fsp3) is 0.526. The minimum Gasteiger partial charge on any atom is -0.357 e. The van der Waals surface area contributed by atoms with E-state index < -0.39 is 12.1 Å². The zero-order chi connectivity index (χ0) is 20.9. The SMILES string of the molecule is CCNC(=NCc1nc(-c2cccc(Cl)c2)no1)NC1CCCC(C(F)(F)F)C1. The number of rotatable bonds is 5. The molecule has 1 aromatic carbocycles. The molecule has 1 aliphatic rings. The molecule has 1 heterocycles. The highest BCUT2D eigenvalue weighted by atomic mass is 35.5.